The maximum Gasteiger partial charge on any atom is 0.327 e. The molecule has 4 atom stereocenters. The lowest BCUT2D eigenvalue weighted by molar-refractivity contribution is -0.153. The first-order valence-electron chi connectivity index (χ1n) is 10.5. The molecular formula is C23H26N2O6. The maximum absolute atomic E-state index is 13.4. The fraction of sp³-hybridized carbons (Fsp3) is 0.478. The molecule has 1 aliphatic heterocycles. The van der Waals surface area contributed by atoms with E-state index in [0.717, 1.165) is 0 Å². The highest BCUT2D eigenvalue weighted by atomic mass is 16.6. The minimum absolute atomic E-state index is 0.0420. The molecule has 0 unspecified atom stereocenters. The number of imide groups is 1. The van der Waals surface area contributed by atoms with Gasteiger partial charge in [-0.3, -0.25) is 19.3 Å². The number of ether oxygens (including phenoxy) is 2. The highest BCUT2D eigenvalue weighted by molar-refractivity contribution is 6.04. The normalized spacial score (nSPS) is 29.2. The number of amides is 3. The van der Waals surface area contributed by atoms with Gasteiger partial charge in [-0.25, -0.2) is 4.79 Å². The van der Waals surface area contributed by atoms with Crippen molar-refractivity contribution in [3.63, 3.8) is 0 Å². The molecule has 0 N–H and O–H groups in total. The lowest BCUT2D eigenvalue weighted by atomic mass is 10.0. The average Bonchev–Trinajstić information content (AvgIpc) is 3.44. The Bertz CT molecular complexity index is 929. The van der Waals surface area contributed by atoms with Crippen molar-refractivity contribution in [1.29, 1.82) is 0 Å². The van der Waals surface area contributed by atoms with Gasteiger partial charge in [-0.15, -0.1) is 0 Å². The molecule has 3 aliphatic rings. The minimum atomic E-state index is -0.466. The summed E-state index contributed by atoms with van der Waals surface area (Å²) in [5.74, 6) is -1.10. The van der Waals surface area contributed by atoms with Gasteiger partial charge >= 0.3 is 18.0 Å². The Morgan fingerprint density at radius 3 is 2.45 bits per heavy atom. The molecule has 0 saturated heterocycles. The number of hydrogen-bond acceptors (Lipinski definition) is 6. The molecule has 164 valence electrons. The van der Waals surface area contributed by atoms with Crippen LogP contribution in [0.5, 0.6) is 0 Å². The molecule has 8 heteroatoms. The van der Waals surface area contributed by atoms with Crippen molar-refractivity contribution < 1.29 is 28.7 Å². The Morgan fingerprint density at radius 2 is 1.77 bits per heavy atom. The van der Waals surface area contributed by atoms with Crippen LogP contribution in [0.2, 0.25) is 0 Å². The molecule has 2 saturated carbocycles. The molecule has 3 amide bonds. The first-order valence-corrected chi connectivity index (χ1v) is 10.5. The number of carbonyl (C=O) groups excluding carboxylic acids is 4. The zero-order valence-electron chi connectivity index (χ0n) is 17.7. The molecule has 0 radical (unpaired) electrons. The van der Waals surface area contributed by atoms with Crippen LogP contribution in [-0.4, -0.2) is 65.5 Å². The largest absolute Gasteiger partial charge is 0.465 e. The van der Waals surface area contributed by atoms with Gasteiger partial charge in [-0.1, -0.05) is 30.4 Å². The number of benzene rings is 1. The van der Waals surface area contributed by atoms with Gasteiger partial charge in [0.05, 0.1) is 0 Å². The Labute approximate surface area is 180 Å². The van der Waals surface area contributed by atoms with Crippen LogP contribution < -0.4 is 0 Å². The third kappa shape index (κ3) is 3.94. The first kappa shape index (κ1) is 21.1. The first-order chi connectivity index (χ1) is 14.8. The third-order valence-corrected chi connectivity index (χ3v) is 6.49. The van der Waals surface area contributed by atoms with Crippen molar-refractivity contribution in [3.8, 4) is 0 Å². The molecule has 1 aromatic carbocycles. The van der Waals surface area contributed by atoms with E-state index in [1.165, 1.54) is 18.7 Å². The summed E-state index contributed by atoms with van der Waals surface area (Å²) in [6.45, 7) is 3.43. The summed E-state index contributed by atoms with van der Waals surface area (Å²) in [6.07, 6.45) is 4.42. The fourth-order valence-corrected chi connectivity index (χ4v) is 4.93. The van der Waals surface area contributed by atoms with Crippen molar-refractivity contribution in [2.75, 3.05) is 19.7 Å². The summed E-state index contributed by atoms with van der Waals surface area (Å²) in [5.41, 5.74) is -0.0158. The van der Waals surface area contributed by atoms with Crippen LogP contribution in [0.4, 0.5) is 4.79 Å². The second-order valence-corrected chi connectivity index (χ2v) is 8.41. The standard InChI is InChI=1S/C23H26N2O6/c1-15(26)30-14-23-13-18(23)19(12-20(23)31-16(2)27)24-10-6-7-11-25(22(24)29)21(28)17-8-4-3-5-9-17/h3-9,18-20H,10-14H2,1-2H3/t18-,19+,20+,23+/m1/s1. The van der Waals surface area contributed by atoms with Crippen molar-refractivity contribution in [1.82, 2.24) is 9.80 Å². The number of fused-ring (bicyclic) bond motifs is 1. The molecule has 4 rings (SSSR count). The van der Waals surface area contributed by atoms with E-state index in [1.807, 2.05) is 18.2 Å². The Morgan fingerprint density at radius 1 is 1.06 bits per heavy atom. The molecule has 0 bridgehead atoms. The van der Waals surface area contributed by atoms with E-state index >= 15 is 0 Å². The predicted molar refractivity (Wildman–Crippen MR) is 110 cm³/mol. The number of carbonyl (C=O) groups is 4. The molecule has 2 fully saturated rings. The summed E-state index contributed by atoms with van der Waals surface area (Å²) in [7, 11) is 0. The second-order valence-electron chi connectivity index (χ2n) is 8.41. The smallest absolute Gasteiger partial charge is 0.327 e. The zero-order valence-corrected chi connectivity index (χ0v) is 17.7. The molecule has 31 heavy (non-hydrogen) atoms. The fourth-order valence-electron chi connectivity index (χ4n) is 4.93. The van der Waals surface area contributed by atoms with Crippen LogP contribution >= 0.6 is 0 Å². The van der Waals surface area contributed by atoms with E-state index in [-0.39, 0.29) is 37.0 Å². The van der Waals surface area contributed by atoms with Crippen molar-refractivity contribution in [3.05, 3.63) is 48.0 Å². The van der Waals surface area contributed by atoms with Crippen LogP contribution in [0, 0.1) is 11.3 Å². The van der Waals surface area contributed by atoms with E-state index in [0.29, 0.717) is 24.9 Å². The SMILES string of the molecule is CC(=O)OC[C@@]12C[C@@H]1[C@@H](N1CC=CCN(C(=O)c3ccccc3)C1=O)C[C@@H]2OC(C)=O. The Balaban J connectivity index is 1.56. The van der Waals surface area contributed by atoms with Gasteiger partial charge in [-0.05, 0) is 24.5 Å². The van der Waals surface area contributed by atoms with Crippen molar-refractivity contribution in [2.45, 2.75) is 38.8 Å². The van der Waals surface area contributed by atoms with Crippen LogP contribution in [0.25, 0.3) is 0 Å². The summed E-state index contributed by atoms with van der Waals surface area (Å²) in [6, 6.07) is 8.14. The van der Waals surface area contributed by atoms with E-state index in [9.17, 15) is 19.2 Å². The Hall–Kier alpha value is -3.16. The number of hydrogen-bond donors (Lipinski definition) is 0. The summed E-state index contributed by atoms with van der Waals surface area (Å²) < 4.78 is 10.8. The zero-order chi connectivity index (χ0) is 22.2. The highest BCUT2D eigenvalue weighted by Crippen LogP contribution is 2.65. The van der Waals surface area contributed by atoms with Crippen molar-refractivity contribution in [2.24, 2.45) is 11.3 Å². The average molecular weight is 426 g/mol. The third-order valence-electron chi connectivity index (χ3n) is 6.49. The number of nitrogens with zero attached hydrogens (tertiary/aromatic N) is 2. The van der Waals surface area contributed by atoms with Gasteiger partial charge < -0.3 is 14.4 Å². The van der Waals surface area contributed by atoms with Gasteiger partial charge in [-0.2, -0.15) is 0 Å². The number of urea groups is 1. The summed E-state index contributed by atoms with van der Waals surface area (Å²) >= 11 is 0. The molecule has 0 aromatic heterocycles. The molecule has 2 aliphatic carbocycles. The highest BCUT2D eigenvalue weighted by Gasteiger charge is 2.70. The maximum atomic E-state index is 13.4. The van der Waals surface area contributed by atoms with E-state index in [4.69, 9.17) is 9.47 Å². The molecular weight excluding hydrogens is 400 g/mol. The van der Waals surface area contributed by atoms with Gasteiger partial charge in [0.2, 0.25) is 0 Å². The molecule has 1 aromatic rings. The molecule has 0 spiro atoms. The van der Waals surface area contributed by atoms with Gasteiger partial charge in [0, 0.05) is 50.4 Å². The summed E-state index contributed by atoms with van der Waals surface area (Å²) in [4.78, 5) is 52.4. The van der Waals surface area contributed by atoms with Crippen LogP contribution in [0.15, 0.2) is 42.5 Å². The molecule has 8 nitrogen and oxygen atoms in total. The van der Waals surface area contributed by atoms with E-state index in [2.05, 4.69) is 0 Å². The van der Waals surface area contributed by atoms with E-state index < -0.39 is 23.5 Å². The molecule has 1 heterocycles. The lowest BCUT2D eigenvalue weighted by Gasteiger charge is -2.32. The lowest BCUT2D eigenvalue weighted by Crippen LogP contribution is -2.50. The quantitative estimate of drug-likeness (QED) is 0.530. The van der Waals surface area contributed by atoms with Gasteiger partial charge in [0.1, 0.15) is 12.7 Å². The van der Waals surface area contributed by atoms with Crippen LogP contribution in [-0.2, 0) is 19.1 Å². The Kier molecular flexibility index (Phi) is 5.56. The monoisotopic (exact) mass is 426 g/mol. The van der Waals surface area contributed by atoms with Crippen LogP contribution in [0.1, 0.15) is 37.0 Å². The number of rotatable bonds is 5. The summed E-state index contributed by atoms with van der Waals surface area (Å²) in [5, 5.41) is 0. The van der Waals surface area contributed by atoms with Gasteiger partial charge in [0.25, 0.3) is 5.91 Å². The predicted octanol–water partition coefficient (Wildman–Crippen LogP) is 2.39. The van der Waals surface area contributed by atoms with Gasteiger partial charge in [0.15, 0.2) is 0 Å². The van der Waals surface area contributed by atoms with Crippen LogP contribution in [0.3, 0.4) is 0 Å². The topological polar surface area (TPSA) is 93.2 Å². The van der Waals surface area contributed by atoms with E-state index in [1.54, 1.807) is 29.2 Å². The number of esters is 2. The van der Waals surface area contributed by atoms with Crippen molar-refractivity contribution >= 4 is 23.9 Å². The minimum Gasteiger partial charge on any atom is -0.465 e. The second kappa shape index (κ2) is 8.17.